The van der Waals surface area contributed by atoms with Gasteiger partial charge in [-0.05, 0) is 43.0 Å². The summed E-state index contributed by atoms with van der Waals surface area (Å²) in [5.74, 6) is 1.57. The van der Waals surface area contributed by atoms with E-state index in [0.717, 1.165) is 29.6 Å². The van der Waals surface area contributed by atoms with Gasteiger partial charge in [0.15, 0.2) is 6.61 Å². The first-order chi connectivity index (χ1) is 13.7. The summed E-state index contributed by atoms with van der Waals surface area (Å²) in [5.41, 5.74) is 1.83. The molecule has 1 aliphatic carbocycles. The van der Waals surface area contributed by atoms with E-state index >= 15 is 0 Å². The van der Waals surface area contributed by atoms with E-state index in [0.29, 0.717) is 0 Å². The second-order valence-electron chi connectivity index (χ2n) is 7.65. The van der Waals surface area contributed by atoms with Gasteiger partial charge in [-0.3, -0.25) is 4.79 Å². The summed E-state index contributed by atoms with van der Waals surface area (Å²) in [6.45, 7) is 0.959. The average Bonchev–Trinajstić information content (AvgIpc) is 2.76. The first kappa shape index (κ1) is 20.2. The lowest BCUT2D eigenvalue weighted by Crippen LogP contribution is -2.31. The summed E-state index contributed by atoms with van der Waals surface area (Å²) >= 11 is 0. The van der Waals surface area contributed by atoms with E-state index < -0.39 is 0 Å². The van der Waals surface area contributed by atoms with Gasteiger partial charge < -0.3 is 15.0 Å². The molecule has 1 saturated carbocycles. The normalized spacial score (nSPS) is 14.5. The summed E-state index contributed by atoms with van der Waals surface area (Å²) in [5, 5.41) is 3.49. The third-order valence-electron chi connectivity index (χ3n) is 5.59. The molecule has 0 bridgehead atoms. The van der Waals surface area contributed by atoms with Crippen molar-refractivity contribution in [3.05, 3.63) is 54.6 Å². The fourth-order valence-corrected chi connectivity index (χ4v) is 3.86. The number of carbonyl (C=O) groups is 1. The van der Waals surface area contributed by atoms with Crippen LogP contribution in [0.1, 0.15) is 44.9 Å². The van der Waals surface area contributed by atoms with Crippen molar-refractivity contribution in [3.63, 3.8) is 0 Å². The highest BCUT2D eigenvalue weighted by Crippen LogP contribution is 2.28. The van der Waals surface area contributed by atoms with Gasteiger partial charge in [-0.1, -0.05) is 62.4 Å². The minimum absolute atomic E-state index is 0.0200. The smallest absolute Gasteiger partial charge is 0.264 e. The molecule has 0 spiro atoms. The molecule has 0 saturated heterocycles. The molecule has 0 aromatic heterocycles. The molecule has 150 valence electrons. The van der Waals surface area contributed by atoms with Crippen LogP contribution in [0, 0.1) is 5.92 Å². The van der Waals surface area contributed by atoms with Gasteiger partial charge in [0.2, 0.25) is 0 Å². The summed E-state index contributed by atoms with van der Waals surface area (Å²) in [6, 6.07) is 17.5. The van der Waals surface area contributed by atoms with E-state index in [-0.39, 0.29) is 12.5 Å². The predicted octanol–water partition coefficient (Wildman–Crippen LogP) is 5.50. The summed E-state index contributed by atoms with van der Waals surface area (Å²) in [7, 11) is 1.77. The second-order valence-corrected chi connectivity index (χ2v) is 7.65. The van der Waals surface area contributed by atoms with E-state index in [1.165, 1.54) is 44.9 Å². The Morgan fingerprint density at radius 2 is 1.75 bits per heavy atom. The molecule has 1 amide bonds. The number of nitrogens with one attached hydrogen (secondary N) is 1. The molecule has 2 aromatic rings. The van der Waals surface area contributed by atoms with Gasteiger partial charge in [0, 0.05) is 19.3 Å². The molecule has 28 heavy (non-hydrogen) atoms. The third-order valence-corrected chi connectivity index (χ3v) is 5.59. The van der Waals surface area contributed by atoms with Crippen LogP contribution in [0.3, 0.4) is 0 Å². The maximum absolute atomic E-state index is 12.4. The van der Waals surface area contributed by atoms with Crippen molar-refractivity contribution in [1.82, 2.24) is 0 Å². The first-order valence-electron chi connectivity index (χ1n) is 10.5. The van der Waals surface area contributed by atoms with Crippen molar-refractivity contribution in [3.8, 4) is 5.75 Å². The third kappa shape index (κ3) is 6.01. The summed E-state index contributed by atoms with van der Waals surface area (Å²) < 4.78 is 5.83. The van der Waals surface area contributed by atoms with Crippen LogP contribution in [0.4, 0.5) is 11.4 Å². The van der Waals surface area contributed by atoms with Gasteiger partial charge in [0.1, 0.15) is 5.75 Å². The number of benzene rings is 2. The monoisotopic (exact) mass is 380 g/mol. The predicted molar refractivity (Wildman–Crippen MR) is 116 cm³/mol. The van der Waals surface area contributed by atoms with E-state index in [9.17, 15) is 4.79 Å². The Balaban J connectivity index is 1.46. The topological polar surface area (TPSA) is 41.6 Å². The quantitative estimate of drug-likeness (QED) is 0.584. The number of anilines is 2. The number of ether oxygens (including phenoxy) is 1. The van der Waals surface area contributed by atoms with Crippen LogP contribution in [0.2, 0.25) is 0 Å². The van der Waals surface area contributed by atoms with Crippen LogP contribution in [0.25, 0.3) is 0 Å². The van der Waals surface area contributed by atoms with E-state index in [4.69, 9.17) is 4.74 Å². The van der Waals surface area contributed by atoms with Gasteiger partial charge in [-0.25, -0.2) is 0 Å². The van der Waals surface area contributed by atoms with Gasteiger partial charge in [0.05, 0.1) is 5.69 Å². The number of hydrogen-bond donors (Lipinski definition) is 1. The molecule has 0 radical (unpaired) electrons. The van der Waals surface area contributed by atoms with Crippen molar-refractivity contribution in [1.29, 1.82) is 0 Å². The Bertz CT molecular complexity index is 726. The summed E-state index contributed by atoms with van der Waals surface area (Å²) in [4.78, 5) is 14.1. The molecule has 2 aromatic carbocycles. The molecule has 0 atom stereocenters. The molecule has 0 aliphatic heterocycles. The lowest BCUT2D eigenvalue weighted by atomic mass is 9.86. The maximum Gasteiger partial charge on any atom is 0.264 e. The highest BCUT2D eigenvalue weighted by molar-refractivity contribution is 5.93. The van der Waals surface area contributed by atoms with E-state index in [2.05, 4.69) is 5.32 Å². The number of para-hydroxylation sites is 3. The Morgan fingerprint density at radius 1 is 1.04 bits per heavy atom. The Kier molecular flexibility index (Phi) is 7.77. The number of carbonyl (C=O) groups excluding carboxylic acids is 1. The Labute approximate surface area is 168 Å². The number of rotatable bonds is 9. The molecule has 0 unspecified atom stereocenters. The Hall–Kier alpha value is -2.49. The van der Waals surface area contributed by atoms with Gasteiger partial charge in [0.25, 0.3) is 5.91 Å². The first-order valence-corrected chi connectivity index (χ1v) is 10.5. The van der Waals surface area contributed by atoms with Gasteiger partial charge >= 0.3 is 0 Å². The van der Waals surface area contributed by atoms with Crippen molar-refractivity contribution in [2.75, 3.05) is 30.4 Å². The average molecular weight is 381 g/mol. The van der Waals surface area contributed by atoms with Crippen LogP contribution in [0.5, 0.6) is 5.75 Å². The molecule has 4 heteroatoms. The van der Waals surface area contributed by atoms with E-state index in [1.807, 2.05) is 54.6 Å². The highest BCUT2D eigenvalue weighted by Gasteiger charge is 2.14. The fourth-order valence-electron chi connectivity index (χ4n) is 3.86. The zero-order valence-corrected chi connectivity index (χ0v) is 16.9. The molecule has 1 N–H and O–H groups in total. The van der Waals surface area contributed by atoms with Crippen LogP contribution in [-0.2, 0) is 4.79 Å². The van der Waals surface area contributed by atoms with Crippen molar-refractivity contribution in [2.24, 2.45) is 5.92 Å². The maximum atomic E-state index is 12.4. The molecular weight excluding hydrogens is 348 g/mol. The second kappa shape index (κ2) is 10.7. The zero-order chi connectivity index (χ0) is 19.6. The van der Waals surface area contributed by atoms with Gasteiger partial charge in [-0.2, -0.15) is 0 Å². The standard InChI is InChI=1S/C24H32N2O2/c1-26(21-14-6-3-7-15-21)24(27)19-28-23-17-9-8-16-22(23)25-18-10-13-20-11-4-2-5-12-20/h3,6-9,14-17,20,25H,2,4-5,10-13,18-19H2,1H3. The number of hydrogen-bond acceptors (Lipinski definition) is 3. The number of amides is 1. The molecule has 4 nitrogen and oxygen atoms in total. The summed E-state index contributed by atoms with van der Waals surface area (Å²) in [6.07, 6.45) is 9.50. The van der Waals surface area contributed by atoms with Crippen LogP contribution < -0.4 is 15.0 Å². The van der Waals surface area contributed by atoms with Crippen LogP contribution >= 0.6 is 0 Å². The molecule has 3 rings (SSSR count). The van der Waals surface area contributed by atoms with Crippen LogP contribution in [0.15, 0.2) is 54.6 Å². The molecular formula is C24H32N2O2. The molecule has 1 aliphatic rings. The fraction of sp³-hybridized carbons (Fsp3) is 0.458. The lowest BCUT2D eigenvalue weighted by molar-refractivity contribution is -0.120. The zero-order valence-electron chi connectivity index (χ0n) is 16.9. The number of likely N-dealkylation sites (N-methyl/N-ethyl adjacent to an activating group) is 1. The lowest BCUT2D eigenvalue weighted by Gasteiger charge is -2.21. The highest BCUT2D eigenvalue weighted by atomic mass is 16.5. The van der Waals surface area contributed by atoms with Crippen LogP contribution in [-0.4, -0.2) is 26.1 Å². The molecule has 0 heterocycles. The minimum atomic E-state index is -0.0710. The van der Waals surface area contributed by atoms with Gasteiger partial charge in [-0.15, -0.1) is 0 Å². The SMILES string of the molecule is CN(C(=O)COc1ccccc1NCCCC1CCCCC1)c1ccccc1. The number of nitrogens with zero attached hydrogens (tertiary/aromatic N) is 1. The van der Waals surface area contributed by atoms with Crippen molar-refractivity contribution in [2.45, 2.75) is 44.9 Å². The van der Waals surface area contributed by atoms with E-state index in [1.54, 1.807) is 11.9 Å². The molecule has 1 fully saturated rings. The van der Waals surface area contributed by atoms with Crippen molar-refractivity contribution < 1.29 is 9.53 Å². The Morgan fingerprint density at radius 3 is 2.54 bits per heavy atom. The van der Waals surface area contributed by atoms with Crippen molar-refractivity contribution >= 4 is 17.3 Å². The largest absolute Gasteiger partial charge is 0.482 e. The minimum Gasteiger partial charge on any atom is -0.482 e.